The molecule has 0 N–H and O–H groups in total. The first-order valence-corrected chi connectivity index (χ1v) is 5.09. The third-order valence-electron chi connectivity index (χ3n) is 2.04. The molecule has 2 rings (SSSR count). The van der Waals surface area contributed by atoms with Crippen LogP contribution in [0.25, 0.3) is 10.8 Å². The van der Waals surface area contributed by atoms with Gasteiger partial charge in [-0.15, -0.1) is 0 Å². The topological polar surface area (TPSA) is 22.1 Å². The number of hydrogen-bond donors (Lipinski definition) is 0. The van der Waals surface area contributed by atoms with Crippen molar-refractivity contribution < 1.29 is 4.74 Å². The average Bonchev–Trinajstić information content (AvgIpc) is 2.16. The maximum Gasteiger partial charge on any atom is 0.221 e. The summed E-state index contributed by atoms with van der Waals surface area (Å²) in [5.74, 6) is 0.709. The van der Waals surface area contributed by atoms with E-state index in [2.05, 4.69) is 11.1 Å². The molecule has 0 atom stereocenters. The van der Waals surface area contributed by atoms with Crippen LogP contribution in [0.4, 0.5) is 0 Å². The van der Waals surface area contributed by atoms with Crippen LogP contribution in [0, 0.1) is 0 Å². The van der Waals surface area contributed by atoms with Gasteiger partial charge in [-0.25, -0.2) is 4.98 Å². The second-order valence-corrected chi connectivity index (χ2v) is 4.55. The van der Waals surface area contributed by atoms with Gasteiger partial charge >= 0.3 is 0 Å². The molecule has 1 heterocycles. The van der Waals surface area contributed by atoms with Crippen LogP contribution in [0.15, 0.2) is 36.5 Å². The number of fused-ring (bicyclic) bond motifs is 1. The van der Waals surface area contributed by atoms with Crippen molar-refractivity contribution in [1.82, 2.24) is 4.98 Å². The van der Waals surface area contributed by atoms with Gasteiger partial charge in [-0.3, -0.25) is 0 Å². The smallest absolute Gasteiger partial charge is 0.221 e. The molecule has 78 valence electrons. The molecular formula is C13H15NO. The number of nitrogens with zero attached hydrogens (tertiary/aromatic N) is 1. The highest BCUT2D eigenvalue weighted by Gasteiger charge is 2.14. The van der Waals surface area contributed by atoms with E-state index in [-0.39, 0.29) is 5.60 Å². The Balaban J connectivity index is 2.52. The van der Waals surface area contributed by atoms with Crippen LogP contribution >= 0.6 is 0 Å². The fourth-order valence-corrected chi connectivity index (χ4v) is 1.46. The van der Waals surface area contributed by atoms with E-state index < -0.39 is 0 Å². The number of benzene rings is 1. The lowest BCUT2D eigenvalue weighted by Gasteiger charge is -2.21. The lowest BCUT2D eigenvalue weighted by molar-refractivity contribution is 0.126. The third kappa shape index (κ3) is 2.27. The molecule has 1 aromatic carbocycles. The van der Waals surface area contributed by atoms with E-state index in [4.69, 9.17) is 4.74 Å². The zero-order valence-electron chi connectivity index (χ0n) is 9.32. The lowest BCUT2D eigenvalue weighted by Crippen LogP contribution is -2.23. The maximum atomic E-state index is 5.80. The molecule has 0 radical (unpaired) electrons. The van der Waals surface area contributed by atoms with E-state index in [9.17, 15) is 0 Å². The van der Waals surface area contributed by atoms with Gasteiger partial charge in [0.1, 0.15) is 5.60 Å². The van der Waals surface area contributed by atoms with E-state index in [1.165, 1.54) is 0 Å². The highest BCUT2D eigenvalue weighted by molar-refractivity contribution is 5.86. The molecule has 0 fully saturated rings. The fraction of sp³-hybridized carbons (Fsp3) is 0.308. The van der Waals surface area contributed by atoms with Crippen LogP contribution in [-0.2, 0) is 0 Å². The van der Waals surface area contributed by atoms with Gasteiger partial charge in [0.15, 0.2) is 0 Å². The molecule has 2 aromatic rings. The van der Waals surface area contributed by atoms with Crippen molar-refractivity contribution in [2.45, 2.75) is 26.4 Å². The molecule has 0 bridgehead atoms. The summed E-state index contributed by atoms with van der Waals surface area (Å²) in [4.78, 5) is 4.27. The van der Waals surface area contributed by atoms with Gasteiger partial charge in [0.25, 0.3) is 0 Å². The number of ether oxygens (including phenoxy) is 1. The molecule has 1 aromatic heterocycles. The van der Waals surface area contributed by atoms with Gasteiger partial charge in [-0.05, 0) is 38.3 Å². The van der Waals surface area contributed by atoms with Gasteiger partial charge in [-0.2, -0.15) is 0 Å². The minimum absolute atomic E-state index is 0.211. The molecule has 0 unspecified atom stereocenters. The molecule has 2 heteroatoms. The summed E-state index contributed by atoms with van der Waals surface area (Å²) in [5.41, 5.74) is -0.211. The summed E-state index contributed by atoms with van der Waals surface area (Å²) in [7, 11) is 0. The number of hydrogen-bond acceptors (Lipinski definition) is 2. The Bertz CT molecular complexity index is 466. The summed E-state index contributed by atoms with van der Waals surface area (Å²) in [6, 6.07) is 10.1. The van der Waals surface area contributed by atoms with Gasteiger partial charge in [0.2, 0.25) is 5.88 Å². The second kappa shape index (κ2) is 3.54. The van der Waals surface area contributed by atoms with Crippen LogP contribution < -0.4 is 4.74 Å². The van der Waals surface area contributed by atoms with Crippen molar-refractivity contribution in [2.75, 3.05) is 0 Å². The van der Waals surface area contributed by atoms with Crippen LogP contribution in [0.1, 0.15) is 20.8 Å². The minimum atomic E-state index is -0.211. The third-order valence-corrected chi connectivity index (χ3v) is 2.04. The molecular weight excluding hydrogens is 186 g/mol. The van der Waals surface area contributed by atoms with Crippen molar-refractivity contribution in [3.63, 3.8) is 0 Å². The van der Waals surface area contributed by atoms with E-state index in [0.717, 1.165) is 10.8 Å². The Morgan fingerprint density at radius 2 is 1.80 bits per heavy atom. The van der Waals surface area contributed by atoms with Crippen molar-refractivity contribution in [3.8, 4) is 5.88 Å². The summed E-state index contributed by atoms with van der Waals surface area (Å²) >= 11 is 0. The summed E-state index contributed by atoms with van der Waals surface area (Å²) in [6.07, 6.45) is 1.78. The Hall–Kier alpha value is -1.57. The summed E-state index contributed by atoms with van der Waals surface area (Å²) in [6.45, 7) is 6.07. The van der Waals surface area contributed by atoms with E-state index in [1.807, 2.05) is 45.0 Å². The highest BCUT2D eigenvalue weighted by atomic mass is 16.5. The van der Waals surface area contributed by atoms with Crippen molar-refractivity contribution >= 4 is 10.8 Å². The molecule has 0 spiro atoms. The molecule has 0 aliphatic heterocycles. The monoisotopic (exact) mass is 201 g/mol. The number of rotatable bonds is 1. The van der Waals surface area contributed by atoms with E-state index >= 15 is 0 Å². The zero-order chi connectivity index (χ0) is 10.9. The molecule has 0 saturated heterocycles. The van der Waals surface area contributed by atoms with Crippen LogP contribution in [0.5, 0.6) is 5.88 Å². The Morgan fingerprint density at radius 3 is 2.53 bits per heavy atom. The minimum Gasteiger partial charge on any atom is -0.471 e. The Labute approximate surface area is 89.9 Å². The summed E-state index contributed by atoms with van der Waals surface area (Å²) < 4.78 is 5.80. The maximum absolute atomic E-state index is 5.80. The average molecular weight is 201 g/mol. The van der Waals surface area contributed by atoms with Crippen LogP contribution in [0.3, 0.4) is 0 Å². The SMILES string of the molecule is CC(C)(C)Oc1nccc2ccccc12. The van der Waals surface area contributed by atoms with Gasteiger partial charge < -0.3 is 4.74 Å². The van der Waals surface area contributed by atoms with Crippen molar-refractivity contribution in [1.29, 1.82) is 0 Å². The molecule has 15 heavy (non-hydrogen) atoms. The first-order valence-electron chi connectivity index (χ1n) is 5.09. The second-order valence-electron chi connectivity index (χ2n) is 4.55. The lowest BCUT2D eigenvalue weighted by atomic mass is 10.1. The summed E-state index contributed by atoms with van der Waals surface area (Å²) in [5, 5.41) is 2.22. The van der Waals surface area contributed by atoms with Gasteiger partial charge in [-0.1, -0.05) is 18.2 Å². The first-order chi connectivity index (χ1) is 7.06. The predicted octanol–water partition coefficient (Wildman–Crippen LogP) is 3.41. The standard InChI is InChI=1S/C13H15NO/c1-13(2,3)15-12-11-7-5-4-6-10(11)8-9-14-12/h4-9H,1-3H3. The molecule has 0 amide bonds. The van der Waals surface area contributed by atoms with Crippen molar-refractivity contribution in [3.05, 3.63) is 36.5 Å². The Kier molecular flexibility index (Phi) is 2.35. The van der Waals surface area contributed by atoms with Gasteiger partial charge in [0, 0.05) is 11.6 Å². The zero-order valence-corrected chi connectivity index (χ0v) is 9.32. The normalized spacial score (nSPS) is 11.7. The predicted molar refractivity (Wildman–Crippen MR) is 62.1 cm³/mol. The van der Waals surface area contributed by atoms with Crippen LogP contribution in [0.2, 0.25) is 0 Å². The number of pyridine rings is 1. The highest BCUT2D eigenvalue weighted by Crippen LogP contribution is 2.25. The Morgan fingerprint density at radius 1 is 1.07 bits per heavy atom. The largest absolute Gasteiger partial charge is 0.471 e. The molecule has 2 nitrogen and oxygen atoms in total. The quantitative estimate of drug-likeness (QED) is 0.705. The molecule has 0 saturated carbocycles. The number of aromatic nitrogens is 1. The van der Waals surface area contributed by atoms with E-state index in [0.29, 0.717) is 5.88 Å². The molecule has 0 aliphatic rings. The van der Waals surface area contributed by atoms with Gasteiger partial charge in [0.05, 0.1) is 0 Å². The van der Waals surface area contributed by atoms with E-state index in [1.54, 1.807) is 6.20 Å². The molecule has 0 aliphatic carbocycles. The first kappa shape index (κ1) is 9.97. The van der Waals surface area contributed by atoms with Crippen molar-refractivity contribution in [2.24, 2.45) is 0 Å². The van der Waals surface area contributed by atoms with Crippen LogP contribution in [-0.4, -0.2) is 10.6 Å². The fourth-order valence-electron chi connectivity index (χ4n) is 1.46.